The number of carbonyl (C=O) groups is 6. The largest absolute Gasteiger partial charge is 0.297 e. The Morgan fingerprint density at radius 1 is 0.246 bits per heavy atom. The van der Waals surface area contributed by atoms with Crippen LogP contribution in [-0.4, -0.2) is 45.8 Å². The van der Waals surface area contributed by atoms with Gasteiger partial charge in [0.25, 0.3) is 0 Å². The fourth-order valence-corrected chi connectivity index (χ4v) is 8.09. The van der Waals surface area contributed by atoms with Gasteiger partial charge in [-0.25, -0.2) is 0 Å². The van der Waals surface area contributed by atoms with Gasteiger partial charge in [0.1, 0.15) is 0 Å². The molecule has 7 heteroatoms. The molecule has 0 bridgehead atoms. The minimum absolute atomic E-state index is 0.0163. The summed E-state index contributed by atoms with van der Waals surface area (Å²) in [7, 11) is 0. The lowest BCUT2D eigenvalue weighted by molar-refractivity contribution is -0.151. The molecule has 1 N–H and O–H groups in total. The van der Waals surface area contributed by atoms with Gasteiger partial charge in [-0.1, -0.05) is 196 Å². The minimum Gasteiger partial charge on any atom is -0.297 e. The highest BCUT2D eigenvalue weighted by molar-refractivity contribution is 6.34. The zero-order valence-corrected chi connectivity index (χ0v) is 38.4. The van der Waals surface area contributed by atoms with Gasteiger partial charge in [-0.2, -0.15) is 0 Å². The molecular formula is C50H91NO6. The molecule has 332 valence electrons. The Labute approximate surface area is 351 Å². The lowest BCUT2D eigenvalue weighted by atomic mass is 9.71. The predicted molar refractivity (Wildman–Crippen MR) is 239 cm³/mol. The highest BCUT2D eigenvalue weighted by Crippen LogP contribution is 2.31. The summed E-state index contributed by atoms with van der Waals surface area (Å²) in [6, 6.07) is 0. The van der Waals surface area contributed by atoms with Crippen LogP contribution in [0.2, 0.25) is 0 Å². The van der Waals surface area contributed by atoms with E-state index in [1.54, 1.807) is 0 Å². The molecule has 0 aliphatic rings. The minimum atomic E-state index is -2.41. The van der Waals surface area contributed by atoms with Crippen molar-refractivity contribution in [1.82, 2.24) is 5.32 Å². The van der Waals surface area contributed by atoms with E-state index in [0.29, 0.717) is 38.5 Å². The summed E-state index contributed by atoms with van der Waals surface area (Å²) >= 11 is 0. The molecule has 7 nitrogen and oxygen atoms in total. The standard InChI is InChI=1S/C50H91NO6/c1-7-13-19-25-31-37-43(52)49(44(53)38-32-26-20-14-8-2,45(54)39-33-27-21-15-9-3)51-50(46(55)40-34-28-22-16-10-4,47(56)41-35-29-23-17-11-5)48(57)42-36-30-24-18-12-6/h51H,7-42H2,1-6H3. The maximum atomic E-state index is 15.0. The summed E-state index contributed by atoms with van der Waals surface area (Å²) in [5, 5.41) is 3.09. The Morgan fingerprint density at radius 3 is 0.526 bits per heavy atom. The lowest BCUT2D eigenvalue weighted by Crippen LogP contribution is -2.76. The molecule has 0 saturated carbocycles. The van der Waals surface area contributed by atoms with Crippen molar-refractivity contribution < 1.29 is 28.8 Å². The Kier molecular flexibility index (Phi) is 34.6. The first kappa shape index (κ1) is 55.0. The van der Waals surface area contributed by atoms with Gasteiger partial charge in [0, 0.05) is 38.5 Å². The summed E-state index contributed by atoms with van der Waals surface area (Å²) in [5.41, 5.74) is -4.82. The van der Waals surface area contributed by atoms with Crippen molar-refractivity contribution in [3.8, 4) is 0 Å². The molecule has 0 aromatic heterocycles. The predicted octanol–water partition coefficient (Wildman–Crippen LogP) is 13.6. The van der Waals surface area contributed by atoms with E-state index in [0.717, 1.165) is 154 Å². The van der Waals surface area contributed by atoms with Crippen LogP contribution in [0.5, 0.6) is 0 Å². The second kappa shape index (κ2) is 35.9. The van der Waals surface area contributed by atoms with Crippen LogP contribution >= 0.6 is 0 Å². The summed E-state index contributed by atoms with van der Waals surface area (Å²) < 4.78 is 0. The molecular weight excluding hydrogens is 711 g/mol. The molecule has 0 unspecified atom stereocenters. The van der Waals surface area contributed by atoms with Crippen molar-refractivity contribution in [2.75, 3.05) is 0 Å². The van der Waals surface area contributed by atoms with Gasteiger partial charge in [0.15, 0.2) is 45.8 Å². The van der Waals surface area contributed by atoms with E-state index in [1.165, 1.54) is 0 Å². The van der Waals surface area contributed by atoms with Crippen LogP contribution < -0.4 is 5.32 Å². The van der Waals surface area contributed by atoms with Crippen LogP contribution in [-0.2, 0) is 28.8 Å². The van der Waals surface area contributed by atoms with Gasteiger partial charge >= 0.3 is 0 Å². The zero-order chi connectivity index (χ0) is 42.6. The molecule has 0 radical (unpaired) electrons. The first-order chi connectivity index (χ1) is 27.6. The van der Waals surface area contributed by atoms with E-state index in [-0.39, 0.29) is 38.5 Å². The Morgan fingerprint density at radius 2 is 0.386 bits per heavy atom. The number of nitrogens with one attached hydrogen (secondary N) is 1. The van der Waals surface area contributed by atoms with E-state index in [9.17, 15) is 28.8 Å². The van der Waals surface area contributed by atoms with Crippen LogP contribution in [0.25, 0.3) is 0 Å². The number of ketones is 6. The highest BCUT2D eigenvalue weighted by atomic mass is 16.2. The van der Waals surface area contributed by atoms with Crippen LogP contribution in [0.15, 0.2) is 0 Å². The van der Waals surface area contributed by atoms with E-state index in [2.05, 4.69) is 46.9 Å². The normalized spacial score (nSPS) is 11.9. The second-order valence-corrected chi connectivity index (χ2v) is 17.1. The second-order valence-electron chi connectivity index (χ2n) is 17.1. The molecule has 0 fully saturated rings. The number of carbonyl (C=O) groups excluding carboxylic acids is 6. The Hall–Kier alpha value is -2.02. The molecule has 0 atom stereocenters. The topological polar surface area (TPSA) is 114 Å². The number of hydrogen-bond acceptors (Lipinski definition) is 7. The molecule has 0 spiro atoms. The SMILES string of the molecule is CCCCCCCC(=O)C(NC(C(=O)CCCCCCC)(C(=O)CCCCCCC)C(=O)CCCCCCC)(C(=O)CCCCCCC)C(=O)CCCCCCC. The van der Waals surface area contributed by atoms with Crippen LogP contribution in [0, 0.1) is 0 Å². The van der Waals surface area contributed by atoms with Crippen LogP contribution in [0.1, 0.15) is 273 Å². The van der Waals surface area contributed by atoms with Gasteiger partial charge in [-0.05, 0) is 38.5 Å². The molecule has 0 aromatic carbocycles. The lowest BCUT2D eigenvalue weighted by Gasteiger charge is -2.40. The van der Waals surface area contributed by atoms with Gasteiger partial charge in [-0.15, -0.1) is 0 Å². The first-order valence-corrected chi connectivity index (χ1v) is 24.6. The third-order valence-corrected chi connectivity index (χ3v) is 11.9. The fourth-order valence-electron chi connectivity index (χ4n) is 8.09. The molecule has 0 aromatic rings. The quantitative estimate of drug-likeness (QED) is 0.0482. The van der Waals surface area contributed by atoms with Gasteiger partial charge in [0.2, 0.25) is 0 Å². The Balaban J connectivity index is 7.59. The average molecular weight is 802 g/mol. The molecule has 0 aliphatic heterocycles. The average Bonchev–Trinajstić information content (AvgIpc) is 3.20. The Bertz CT molecular complexity index is 883. The van der Waals surface area contributed by atoms with E-state index >= 15 is 0 Å². The fraction of sp³-hybridized carbons (Fsp3) is 0.880. The first-order valence-electron chi connectivity index (χ1n) is 24.6. The monoisotopic (exact) mass is 802 g/mol. The zero-order valence-electron chi connectivity index (χ0n) is 38.4. The maximum Gasteiger partial charge on any atom is 0.197 e. The number of Topliss-reactive ketones (excluding diaryl/α,β-unsaturated/α-hetero) is 6. The molecule has 0 amide bonds. The number of hydrogen-bond donors (Lipinski definition) is 1. The summed E-state index contributed by atoms with van der Waals surface area (Å²) in [4.78, 5) is 89.7. The summed E-state index contributed by atoms with van der Waals surface area (Å²) in [6.45, 7) is 12.8. The van der Waals surface area contributed by atoms with Crippen molar-refractivity contribution in [3.63, 3.8) is 0 Å². The smallest absolute Gasteiger partial charge is 0.197 e. The van der Waals surface area contributed by atoms with Crippen molar-refractivity contribution >= 4 is 34.7 Å². The van der Waals surface area contributed by atoms with Gasteiger partial charge < -0.3 is 0 Å². The third kappa shape index (κ3) is 21.7. The third-order valence-electron chi connectivity index (χ3n) is 11.9. The van der Waals surface area contributed by atoms with E-state index in [1.807, 2.05) is 0 Å². The summed E-state index contributed by atoms with van der Waals surface area (Å²) in [5.74, 6) is -3.40. The van der Waals surface area contributed by atoms with Crippen LogP contribution in [0.4, 0.5) is 0 Å². The van der Waals surface area contributed by atoms with Gasteiger partial charge in [-0.3, -0.25) is 34.1 Å². The van der Waals surface area contributed by atoms with E-state index in [4.69, 9.17) is 0 Å². The molecule has 57 heavy (non-hydrogen) atoms. The van der Waals surface area contributed by atoms with Crippen molar-refractivity contribution in [1.29, 1.82) is 0 Å². The van der Waals surface area contributed by atoms with Crippen LogP contribution in [0.3, 0.4) is 0 Å². The molecule has 0 saturated heterocycles. The van der Waals surface area contributed by atoms with E-state index < -0.39 is 45.8 Å². The molecule has 0 rings (SSSR count). The maximum absolute atomic E-state index is 15.0. The summed E-state index contributed by atoms with van der Waals surface area (Å²) in [6.07, 6.45) is 25.6. The molecule has 0 aliphatic carbocycles. The number of rotatable bonds is 44. The van der Waals surface area contributed by atoms with Gasteiger partial charge in [0.05, 0.1) is 0 Å². The highest BCUT2D eigenvalue weighted by Gasteiger charge is 2.60. The molecule has 0 heterocycles. The van der Waals surface area contributed by atoms with Crippen molar-refractivity contribution in [2.24, 2.45) is 0 Å². The number of unbranched alkanes of at least 4 members (excludes halogenated alkanes) is 24. The van der Waals surface area contributed by atoms with Crippen molar-refractivity contribution in [3.05, 3.63) is 0 Å². The van der Waals surface area contributed by atoms with Crippen molar-refractivity contribution in [2.45, 2.75) is 284 Å².